The molecule has 1 aliphatic rings. The number of aromatic nitrogens is 4. The zero-order valence-corrected chi connectivity index (χ0v) is 14.9. The molecule has 1 saturated heterocycles. The standard InChI is InChI=1S/C18H15F6N5/c19-17(20,21)12-6-7-15-26-27-16(29(15)10-12)11-3-2-8-28(9-11)14-5-1-4-13(25-14)18(22,23)24/h1,4-7,10-11H,2-3,8-9H2. The molecule has 4 heterocycles. The van der Waals surface area contributed by atoms with Gasteiger partial charge in [-0.15, -0.1) is 10.2 Å². The zero-order valence-electron chi connectivity index (χ0n) is 14.9. The van der Waals surface area contributed by atoms with Gasteiger partial charge in [-0.1, -0.05) is 6.07 Å². The monoisotopic (exact) mass is 415 g/mol. The molecule has 1 atom stereocenters. The zero-order chi connectivity index (χ0) is 20.8. The Morgan fingerprint density at radius 2 is 1.72 bits per heavy atom. The lowest BCUT2D eigenvalue weighted by atomic mass is 9.97. The van der Waals surface area contributed by atoms with Gasteiger partial charge in [-0.05, 0) is 37.1 Å². The third-order valence-electron chi connectivity index (χ3n) is 4.89. The van der Waals surface area contributed by atoms with Gasteiger partial charge in [-0.3, -0.25) is 4.40 Å². The van der Waals surface area contributed by atoms with Crippen molar-refractivity contribution in [2.75, 3.05) is 18.0 Å². The Morgan fingerprint density at radius 3 is 2.45 bits per heavy atom. The molecule has 1 unspecified atom stereocenters. The van der Waals surface area contributed by atoms with E-state index in [-0.39, 0.29) is 23.9 Å². The first-order chi connectivity index (χ1) is 13.6. The Hall–Kier alpha value is -2.85. The summed E-state index contributed by atoms with van der Waals surface area (Å²) in [5.74, 6) is 0.232. The van der Waals surface area contributed by atoms with E-state index in [1.807, 2.05) is 0 Å². The van der Waals surface area contributed by atoms with Crippen molar-refractivity contribution >= 4 is 11.5 Å². The third-order valence-corrected chi connectivity index (χ3v) is 4.89. The van der Waals surface area contributed by atoms with Crippen LogP contribution in [0.2, 0.25) is 0 Å². The number of alkyl halides is 6. The van der Waals surface area contributed by atoms with Crippen molar-refractivity contribution in [3.05, 3.63) is 53.6 Å². The fraction of sp³-hybridized carbons (Fsp3) is 0.389. The SMILES string of the molecule is FC(F)(F)c1ccc2nnc(C3CCCN(c4cccc(C(F)(F)F)n4)C3)n2c1. The average Bonchev–Trinajstić information content (AvgIpc) is 3.10. The smallest absolute Gasteiger partial charge is 0.356 e. The Balaban J connectivity index is 1.64. The summed E-state index contributed by atoms with van der Waals surface area (Å²) in [4.78, 5) is 5.39. The first-order valence-corrected chi connectivity index (χ1v) is 8.84. The quantitative estimate of drug-likeness (QED) is 0.577. The molecule has 0 spiro atoms. The van der Waals surface area contributed by atoms with E-state index in [1.165, 1.54) is 22.6 Å². The van der Waals surface area contributed by atoms with Crippen LogP contribution in [0.5, 0.6) is 0 Å². The Labute approximate surface area is 161 Å². The molecule has 154 valence electrons. The van der Waals surface area contributed by atoms with Gasteiger partial charge in [-0.25, -0.2) is 4.98 Å². The number of rotatable bonds is 2. The highest BCUT2D eigenvalue weighted by Gasteiger charge is 2.34. The van der Waals surface area contributed by atoms with Crippen molar-refractivity contribution < 1.29 is 26.3 Å². The van der Waals surface area contributed by atoms with Crippen LogP contribution in [0.4, 0.5) is 32.2 Å². The van der Waals surface area contributed by atoms with Gasteiger partial charge in [-0.2, -0.15) is 26.3 Å². The van der Waals surface area contributed by atoms with E-state index in [2.05, 4.69) is 15.2 Å². The van der Waals surface area contributed by atoms with Gasteiger partial charge in [0.2, 0.25) is 0 Å². The lowest BCUT2D eigenvalue weighted by Crippen LogP contribution is -2.36. The molecule has 5 nitrogen and oxygen atoms in total. The van der Waals surface area contributed by atoms with Crippen LogP contribution >= 0.6 is 0 Å². The molecule has 11 heteroatoms. The van der Waals surface area contributed by atoms with Gasteiger partial charge in [0, 0.05) is 25.2 Å². The number of fused-ring (bicyclic) bond motifs is 1. The van der Waals surface area contributed by atoms with Crippen LogP contribution in [0.3, 0.4) is 0 Å². The van der Waals surface area contributed by atoms with Crippen molar-refractivity contribution in [1.29, 1.82) is 0 Å². The molecule has 1 fully saturated rings. The van der Waals surface area contributed by atoms with E-state index in [0.29, 0.717) is 25.2 Å². The fourth-order valence-electron chi connectivity index (χ4n) is 3.51. The number of pyridine rings is 2. The van der Waals surface area contributed by atoms with E-state index in [1.54, 1.807) is 4.90 Å². The molecule has 29 heavy (non-hydrogen) atoms. The van der Waals surface area contributed by atoms with Crippen LogP contribution in [0.25, 0.3) is 5.65 Å². The largest absolute Gasteiger partial charge is 0.433 e. The second-order valence-corrected chi connectivity index (χ2v) is 6.87. The Bertz CT molecular complexity index is 1030. The molecule has 4 rings (SSSR count). The second kappa shape index (κ2) is 6.89. The number of hydrogen-bond donors (Lipinski definition) is 0. The third kappa shape index (κ3) is 3.85. The van der Waals surface area contributed by atoms with Crippen LogP contribution in [0.1, 0.15) is 35.8 Å². The molecule has 0 N–H and O–H groups in total. The lowest BCUT2D eigenvalue weighted by Gasteiger charge is -2.33. The molecule has 0 amide bonds. The fourth-order valence-corrected chi connectivity index (χ4v) is 3.51. The van der Waals surface area contributed by atoms with Gasteiger partial charge in [0.05, 0.1) is 5.56 Å². The normalized spacial score (nSPS) is 18.4. The minimum Gasteiger partial charge on any atom is -0.356 e. The van der Waals surface area contributed by atoms with Gasteiger partial charge in [0.25, 0.3) is 0 Å². The molecule has 3 aromatic rings. The number of hydrogen-bond acceptors (Lipinski definition) is 4. The van der Waals surface area contributed by atoms with E-state index < -0.39 is 23.6 Å². The van der Waals surface area contributed by atoms with E-state index in [0.717, 1.165) is 18.3 Å². The molecule has 0 radical (unpaired) electrons. The van der Waals surface area contributed by atoms with Crippen LogP contribution in [-0.2, 0) is 12.4 Å². The molecular weight excluding hydrogens is 400 g/mol. The predicted molar refractivity (Wildman–Crippen MR) is 91.4 cm³/mol. The summed E-state index contributed by atoms with van der Waals surface area (Å²) in [6, 6.07) is 5.86. The molecule has 1 aliphatic heterocycles. The maximum atomic E-state index is 13.1. The van der Waals surface area contributed by atoms with Crippen LogP contribution in [-0.4, -0.2) is 32.7 Å². The van der Waals surface area contributed by atoms with Gasteiger partial charge in [0.1, 0.15) is 17.3 Å². The minimum absolute atomic E-state index is 0.175. The maximum Gasteiger partial charge on any atom is 0.433 e. The average molecular weight is 415 g/mol. The number of nitrogens with zero attached hydrogens (tertiary/aromatic N) is 5. The summed E-state index contributed by atoms with van der Waals surface area (Å²) in [6.45, 7) is 0.778. The highest BCUT2D eigenvalue weighted by atomic mass is 19.4. The van der Waals surface area contributed by atoms with Crippen molar-refractivity contribution in [3.63, 3.8) is 0 Å². The maximum absolute atomic E-state index is 13.1. The summed E-state index contributed by atoms with van der Waals surface area (Å²) >= 11 is 0. The van der Waals surface area contributed by atoms with Crippen LogP contribution in [0, 0.1) is 0 Å². The Morgan fingerprint density at radius 1 is 0.931 bits per heavy atom. The highest BCUT2D eigenvalue weighted by Crippen LogP contribution is 2.33. The van der Waals surface area contributed by atoms with Crippen LogP contribution < -0.4 is 4.90 Å². The summed E-state index contributed by atoms with van der Waals surface area (Å²) in [6.07, 6.45) is -6.84. The number of halogens is 6. The number of anilines is 1. The minimum atomic E-state index is -4.55. The summed E-state index contributed by atoms with van der Waals surface area (Å²) in [7, 11) is 0. The van der Waals surface area contributed by atoms with E-state index in [4.69, 9.17) is 0 Å². The van der Waals surface area contributed by atoms with Gasteiger partial charge >= 0.3 is 12.4 Å². The van der Waals surface area contributed by atoms with Crippen molar-refractivity contribution in [2.45, 2.75) is 31.1 Å². The molecule has 0 aromatic carbocycles. The highest BCUT2D eigenvalue weighted by molar-refractivity contribution is 5.43. The topological polar surface area (TPSA) is 46.3 Å². The summed E-state index contributed by atoms with van der Waals surface area (Å²) < 4.78 is 79.3. The van der Waals surface area contributed by atoms with Crippen LogP contribution in [0.15, 0.2) is 36.5 Å². The van der Waals surface area contributed by atoms with Crippen molar-refractivity contribution in [2.24, 2.45) is 0 Å². The van der Waals surface area contributed by atoms with Gasteiger partial charge < -0.3 is 4.90 Å². The molecular formula is C18H15F6N5. The molecule has 0 saturated carbocycles. The molecule has 0 bridgehead atoms. The number of piperidine rings is 1. The van der Waals surface area contributed by atoms with Gasteiger partial charge in [0.15, 0.2) is 5.65 Å². The van der Waals surface area contributed by atoms with E-state index >= 15 is 0 Å². The Kier molecular flexibility index (Phi) is 4.62. The lowest BCUT2D eigenvalue weighted by molar-refractivity contribution is -0.141. The predicted octanol–water partition coefficient (Wildman–Crippen LogP) is 4.55. The summed E-state index contributed by atoms with van der Waals surface area (Å²) in [5.41, 5.74) is -1.53. The first kappa shape index (κ1) is 19.5. The van der Waals surface area contributed by atoms with E-state index in [9.17, 15) is 26.3 Å². The van der Waals surface area contributed by atoms with Crippen molar-refractivity contribution in [1.82, 2.24) is 19.6 Å². The van der Waals surface area contributed by atoms with Crippen molar-refractivity contribution in [3.8, 4) is 0 Å². The molecule has 0 aliphatic carbocycles. The summed E-state index contributed by atoms with van der Waals surface area (Å²) in [5, 5.41) is 7.97. The first-order valence-electron chi connectivity index (χ1n) is 8.84. The molecule has 3 aromatic heterocycles. The second-order valence-electron chi connectivity index (χ2n) is 6.87.